The predicted octanol–water partition coefficient (Wildman–Crippen LogP) is 3.15. The van der Waals surface area contributed by atoms with Crippen LogP contribution in [0, 0.1) is 0 Å². The van der Waals surface area contributed by atoms with E-state index < -0.39 is 5.97 Å². The lowest BCUT2D eigenvalue weighted by atomic mass is 10.2. The molecular formula is C7H4Br2ClNO2. The quantitative estimate of drug-likeness (QED) is 0.614. The van der Waals surface area contributed by atoms with Crippen molar-refractivity contribution in [3.8, 4) is 0 Å². The Morgan fingerprint density at radius 1 is 1.46 bits per heavy atom. The fraction of sp³-hybridized carbons (Fsp3) is 0. The molecule has 0 aliphatic heterocycles. The van der Waals surface area contributed by atoms with Crippen LogP contribution in [0.1, 0.15) is 10.4 Å². The number of nitrogens with two attached hydrogens (primary N) is 1. The van der Waals surface area contributed by atoms with E-state index in [0.29, 0.717) is 8.95 Å². The van der Waals surface area contributed by atoms with E-state index in [1.54, 1.807) is 6.07 Å². The highest BCUT2D eigenvalue weighted by Gasteiger charge is 2.17. The van der Waals surface area contributed by atoms with Crippen molar-refractivity contribution >= 4 is 55.1 Å². The molecule has 3 nitrogen and oxygen atoms in total. The number of carboxylic acids is 1. The summed E-state index contributed by atoms with van der Waals surface area (Å²) in [7, 11) is 0. The number of aromatic carboxylic acids is 1. The van der Waals surface area contributed by atoms with E-state index in [4.69, 9.17) is 22.4 Å². The van der Waals surface area contributed by atoms with Crippen LogP contribution < -0.4 is 5.73 Å². The molecule has 0 amide bonds. The van der Waals surface area contributed by atoms with Crippen molar-refractivity contribution in [3.63, 3.8) is 0 Å². The number of carbonyl (C=O) groups is 1. The maximum atomic E-state index is 10.7. The van der Waals surface area contributed by atoms with E-state index in [1.807, 2.05) is 0 Å². The predicted molar refractivity (Wildman–Crippen MR) is 58.2 cm³/mol. The summed E-state index contributed by atoms with van der Waals surface area (Å²) in [6, 6.07) is 1.60. The zero-order valence-electron chi connectivity index (χ0n) is 6.14. The van der Waals surface area contributed by atoms with Crippen LogP contribution in [0.2, 0.25) is 5.02 Å². The molecule has 6 heteroatoms. The third-order valence-corrected chi connectivity index (χ3v) is 3.33. The summed E-state index contributed by atoms with van der Waals surface area (Å²) < 4.78 is 0.994. The molecule has 0 saturated carbocycles. The summed E-state index contributed by atoms with van der Waals surface area (Å²) >= 11 is 12.0. The Hall–Kier alpha value is -0.260. The second kappa shape index (κ2) is 3.86. The number of carboxylic acid groups (broad SMARTS) is 1. The van der Waals surface area contributed by atoms with Crippen LogP contribution >= 0.6 is 43.5 Å². The molecule has 70 valence electrons. The number of hydrogen-bond acceptors (Lipinski definition) is 2. The number of rotatable bonds is 1. The monoisotopic (exact) mass is 327 g/mol. The fourth-order valence-electron chi connectivity index (χ4n) is 0.819. The first-order valence-electron chi connectivity index (χ1n) is 3.11. The van der Waals surface area contributed by atoms with Crippen molar-refractivity contribution in [2.45, 2.75) is 0 Å². The molecule has 0 spiro atoms. The zero-order chi connectivity index (χ0) is 10.2. The van der Waals surface area contributed by atoms with Crippen LogP contribution in [0.15, 0.2) is 15.0 Å². The lowest BCUT2D eigenvalue weighted by Gasteiger charge is -2.07. The number of nitrogen functional groups attached to an aromatic ring is 1. The SMILES string of the molecule is Nc1c(Br)cc(Br)c(Cl)c1C(=O)O. The van der Waals surface area contributed by atoms with E-state index in [0.717, 1.165) is 0 Å². The van der Waals surface area contributed by atoms with Crippen LogP contribution in [0.4, 0.5) is 5.69 Å². The second-order valence-corrected chi connectivity index (χ2v) is 4.33. The molecule has 1 rings (SSSR count). The van der Waals surface area contributed by atoms with E-state index >= 15 is 0 Å². The highest BCUT2D eigenvalue weighted by Crippen LogP contribution is 2.35. The van der Waals surface area contributed by atoms with Gasteiger partial charge < -0.3 is 10.8 Å². The largest absolute Gasteiger partial charge is 0.478 e. The Morgan fingerprint density at radius 2 is 2.00 bits per heavy atom. The van der Waals surface area contributed by atoms with Gasteiger partial charge in [0.05, 0.1) is 10.7 Å². The molecule has 0 aromatic heterocycles. The Bertz CT molecular complexity index is 355. The summed E-state index contributed by atoms with van der Waals surface area (Å²) in [5.74, 6) is -1.15. The van der Waals surface area contributed by atoms with Crippen LogP contribution in [0.5, 0.6) is 0 Å². The molecule has 1 aromatic rings. The van der Waals surface area contributed by atoms with E-state index in [-0.39, 0.29) is 16.3 Å². The molecule has 0 radical (unpaired) electrons. The molecular weight excluding hydrogens is 325 g/mol. The molecule has 0 saturated heterocycles. The molecule has 3 N–H and O–H groups in total. The summed E-state index contributed by atoms with van der Waals surface area (Å²) in [5.41, 5.74) is 5.55. The third kappa shape index (κ3) is 1.98. The average Bonchev–Trinajstić information content (AvgIpc) is 2.01. The fourth-order valence-corrected chi connectivity index (χ4v) is 2.22. The van der Waals surface area contributed by atoms with E-state index in [1.165, 1.54) is 0 Å². The summed E-state index contributed by atoms with van der Waals surface area (Å²) in [6.07, 6.45) is 0. The van der Waals surface area contributed by atoms with E-state index in [2.05, 4.69) is 31.9 Å². The molecule has 0 aliphatic rings. The topological polar surface area (TPSA) is 63.3 Å². The maximum Gasteiger partial charge on any atom is 0.339 e. The van der Waals surface area contributed by atoms with Crippen LogP contribution in [-0.4, -0.2) is 11.1 Å². The summed E-state index contributed by atoms with van der Waals surface area (Å²) in [5, 5.41) is 8.89. The molecule has 0 fully saturated rings. The van der Waals surface area contributed by atoms with Gasteiger partial charge in [0.1, 0.15) is 5.56 Å². The van der Waals surface area contributed by atoms with Crippen molar-refractivity contribution in [2.24, 2.45) is 0 Å². The van der Waals surface area contributed by atoms with Crippen molar-refractivity contribution in [2.75, 3.05) is 5.73 Å². The van der Waals surface area contributed by atoms with Gasteiger partial charge in [0, 0.05) is 8.95 Å². The highest BCUT2D eigenvalue weighted by molar-refractivity contribution is 9.11. The van der Waals surface area contributed by atoms with Crippen molar-refractivity contribution < 1.29 is 9.90 Å². The number of halogens is 3. The molecule has 0 atom stereocenters. The van der Waals surface area contributed by atoms with Gasteiger partial charge in [-0.3, -0.25) is 0 Å². The lowest BCUT2D eigenvalue weighted by Crippen LogP contribution is -2.04. The van der Waals surface area contributed by atoms with Gasteiger partial charge in [-0.15, -0.1) is 0 Å². The molecule has 13 heavy (non-hydrogen) atoms. The highest BCUT2D eigenvalue weighted by atomic mass is 79.9. The van der Waals surface area contributed by atoms with Gasteiger partial charge in [0.25, 0.3) is 0 Å². The van der Waals surface area contributed by atoms with Gasteiger partial charge in [0.2, 0.25) is 0 Å². The first kappa shape index (κ1) is 10.8. The first-order valence-corrected chi connectivity index (χ1v) is 5.07. The summed E-state index contributed by atoms with van der Waals surface area (Å²) in [6.45, 7) is 0. The van der Waals surface area contributed by atoms with Gasteiger partial charge in [0.15, 0.2) is 0 Å². The van der Waals surface area contributed by atoms with Crippen molar-refractivity contribution in [1.82, 2.24) is 0 Å². The van der Waals surface area contributed by atoms with Crippen molar-refractivity contribution in [3.05, 3.63) is 25.6 Å². The number of benzene rings is 1. The van der Waals surface area contributed by atoms with Gasteiger partial charge in [-0.25, -0.2) is 4.79 Å². The molecule has 0 aliphatic carbocycles. The Balaban J connectivity index is 3.56. The van der Waals surface area contributed by atoms with Crippen LogP contribution in [-0.2, 0) is 0 Å². The van der Waals surface area contributed by atoms with Gasteiger partial charge in [-0.1, -0.05) is 11.6 Å². The smallest absolute Gasteiger partial charge is 0.339 e. The molecule has 1 aromatic carbocycles. The minimum Gasteiger partial charge on any atom is -0.478 e. The normalized spacial score (nSPS) is 10.1. The lowest BCUT2D eigenvalue weighted by molar-refractivity contribution is 0.0698. The average molecular weight is 329 g/mol. The van der Waals surface area contributed by atoms with Crippen LogP contribution in [0.25, 0.3) is 0 Å². The molecule has 0 heterocycles. The third-order valence-electron chi connectivity index (χ3n) is 1.42. The minimum absolute atomic E-state index is 0.0945. The van der Waals surface area contributed by atoms with Gasteiger partial charge >= 0.3 is 5.97 Å². The van der Waals surface area contributed by atoms with Crippen LogP contribution in [0.3, 0.4) is 0 Å². The standard InChI is InChI=1S/C7H4Br2ClNO2/c8-2-1-3(9)6(11)4(5(2)10)7(12)13/h1H,11H2,(H,12,13). The zero-order valence-corrected chi connectivity index (χ0v) is 10.1. The Labute approximate surface area is 96.1 Å². The number of hydrogen-bond donors (Lipinski definition) is 2. The molecule has 0 bridgehead atoms. The number of anilines is 1. The summed E-state index contributed by atoms with van der Waals surface area (Å²) in [4.78, 5) is 10.7. The maximum absolute atomic E-state index is 10.7. The van der Waals surface area contributed by atoms with Gasteiger partial charge in [-0.05, 0) is 37.9 Å². The molecule has 0 unspecified atom stereocenters. The minimum atomic E-state index is -1.15. The van der Waals surface area contributed by atoms with E-state index in [9.17, 15) is 4.79 Å². The second-order valence-electron chi connectivity index (χ2n) is 2.25. The Morgan fingerprint density at radius 3 is 2.46 bits per heavy atom. The first-order chi connectivity index (χ1) is 5.95. The van der Waals surface area contributed by atoms with Crippen molar-refractivity contribution in [1.29, 1.82) is 0 Å². The Kier molecular flexibility index (Phi) is 3.21. The van der Waals surface area contributed by atoms with Gasteiger partial charge in [-0.2, -0.15) is 0 Å².